The molecule has 1 fully saturated rings. The molecule has 1 aliphatic carbocycles. The fourth-order valence-electron chi connectivity index (χ4n) is 2.83. The number of thiophene rings is 1. The normalized spacial score (nSPS) is 22.4. The van der Waals surface area contributed by atoms with Crippen LogP contribution in [0.15, 0.2) is 11.4 Å². The first-order chi connectivity index (χ1) is 10.5. The Hall–Kier alpha value is -1.69. The Morgan fingerprint density at radius 1 is 1.18 bits per heavy atom. The molecule has 0 aliphatic heterocycles. The van der Waals surface area contributed by atoms with Crippen molar-refractivity contribution < 1.29 is 19.5 Å². The first-order valence-electron chi connectivity index (χ1n) is 7.62. The van der Waals surface area contributed by atoms with Gasteiger partial charge in [-0.2, -0.15) is 0 Å². The lowest BCUT2D eigenvalue weighted by molar-refractivity contribution is -0.143. The molecule has 1 aliphatic rings. The number of amides is 1. The minimum atomic E-state index is -0.845. The molecule has 6 heteroatoms. The summed E-state index contributed by atoms with van der Waals surface area (Å²) >= 11 is 1.21. The van der Waals surface area contributed by atoms with Gasteiger partial charge in [0, 0.05) is 17.0 Å². The van der Waals surface area contributed by atoms with Crippen LogP contribution in [-0.2, 0) is 4.79 Å². The molecule has 1 amide bonds. The smallest absolute Gasteiger partial charge is 0.308 e. The number of Topliss-reactive ketones (excluding diaryl/α,β-unsaturated/α-hetero) is 1. The highest BCUT2D eigenvalue weighted by Crippen LogP contribution is 2.24. The van der Waals surface area contributed by atoms with Gasteiger partial charge >= 0.3 is 5.97 Å². The first kappa shape index (κ1) is 16.7. The van der Waals surface area contributed by atoms with Crippen LogP contribution < -0.4 is 5.32 Å². The van der Waals surface area contributed by atoms with Crippen molar-refractivity contribution in [2.45, 2.75) is 51.5 Å². The summed E-state index contributed by atoms with van der Waals surface area (Å²) in [4.78, 5) is 35.5. The van der Waals surface area contributed by atoms with E-state index in [2.05, 4.69) is 5.32 Å². The van der Waals surface area contributed by atoms with E-state index >= 15 is 0 Å². The van der Waals surface area contributed by atoms with E-state index in [-0.39, 0.29) is 17.7 Å². The van der Waals surface area contributed by atoms with Gasteiger partial charge in [0.15, 0.2) is 5.78 Å². The third-order valence-electron chi connectivity index (χ3n) is 4.13. The number of aliphatic carboxylic acids is 1. The van der Waals surface area contributed by atoms with Crippen LogP contribution in [0.3, 0.4) is 0 Å². The Bertz CT molecular complexity index is 566. The second-order valence-electron chi connectivity index (χ2n) is 5.77. The second-order valence-corrected chi connectivity index (χ2v) is 6.68. The highest BCUT2D eigenvalue weighted by Gasteiger charge is 2.30. The monoisotopic (exact) mass is 323 g/mol. The van der Waals surface area contributed by atoms with Crippen molar-refractivity contribution in [2.75, 3.05) is 0 Å². The second kappa shape index (κ2) is 7.54. The minimum absolute atomic E-state index is 0.0790. The summed E-state index contributed by atoms with van der Waals surface area (Å²) in [5.41, 5.74) is 0.516. The molecule has 2 N–H and O–H groups in total. The summed E-state index contributed by atoms with van der Waals surface area (Å²) < 4.78 is 0. The number of carboxylic acid groups (broad SMARTS) is 1. The highest BCUT2D eigenvalue weighted by molar-refractivity contribution is 7.12. The highest BCUT2D eigenvalue weighted by atomic mass is 32.1. The van der Waals surface area contributed by atoms with Crippen molar-refractivity contribution in [3.63, 3.8) is 0 Å². The molecule has 0 bridgehead atoms. The molecule has 2 rings (SSSR count). The van der Waals surface area contributed by atoms with Gasteiger partial charge in [0.25, 0.3) is 5.91 Å². The number of carboxylic acids is 1. The van der Waals surface area contributed by atoms with Crippen LogP contribution in [0, 0.1) is 5.92 Å². The maximum absolute atomic E-state index is 12.3. The topological polar surface area (TPSA) is 83.5 Å². The molecular formula is C16H21NO4S. The van der Waals surface area contributed by atoms with E-state index in [1.807, 2.05) is 0 Å². The predicted molar refractivity (Wildman–Crippen MR) is 84.4 cm³/mol. The van der Waals surface area contributed by atoms with E-state index in [1.54, 1.807) is 11.4 Å². The van der Waals surface area contributed by atoms with Gasteiger partial charge in [0.1, 0.15) is 0 Å². The molecule has 1 saturated carbocycles. The van der Waals surface area contributed by atoms with E-state index in [9.17, 15) is 19.5 Å². The summed E-state index contributed by atoms with van der Waals surface area (Å²) in [5.74, 6) is -1.74. The molecule has 1 aromatic heterocycles. The van der Waals surface area contributed by atoms with Crippen LogP contribution in [0.1, 0.15) is 65.5 Å². The summed E-state index contributed by atoms with van der Waals surface area (Å²) in [5, 5.41) is 13.9. The molecule has 120 valence electrons. The van der Waals surface area contributed by atoms with Crippen LogP contribution in [0.5, 0.6) is 0 Å². The van der Waals surface area contributed by atoms with E-state index in [1.165, 1.54) is 18.3 Å². The van der Waals surface area contributed by atoms with Crippen molar-refractivity contribution in [3.8, 4) is 0 Å². The third-order valence-corrected chi connectivity index (χ3v) is 5.06. The van der Waals surface area contributed by atoms with E-state index in [0.29, 0.717) is 23.3 Å². The molecule has 1 aromatic rings. The summed E-state index contributed by atoms with van der Waals surface area (Å²) in [6.45, 7) is 1.46. The molecular weight excluding hydrogens is 302 g/mol. The Balaban J connectivity index is 2.08. The molecule has 0 aromatic carbocycles. The molecule has 1 heterocycles. The molecule has 2 unspecified atom stereocenters. The molecule has 0 spiro atoms. The molecule has 5 nitrogen and oxygen atoms in total. The molecule has 2 atom stereocenters. The zero-order valence-electron chi connectivity index (χ0n) is 12.6. The summed E-state index contributed by atoms with van der Waals surface area (Å²) in [6.07, 6.45) is 5.23. The predicted octanol–water partition coefficient (Wildman–Crippen LogP) is 3.10. The van der Waals surface area contributed by atoms with Crippen LogP contribution in [-0.4, -0.2) is 28.8 Å². The number of hydrogen-bond acceptors (Lipinski definition) is 4. The van der Waals surface area contributed by atoms with E-state index < -0.39 is 11.9 Å². The number of hydrogen-bond donors (Lipinski definition) is 2. The lowest BCUT2D eigenvalue weighted by atomic mass is 9.87. The Kier molecular flexibility index (Phi) is 5.71. The fraction of sp³-hybridized carbons (Fsp3) is 0.562. The average molecular weight is 323 g/mol. The quantitative estimate of drug-likeness (QED) is 0.834. The lowest BCUT2D eigenvalue weighted by Gasteiger charge is -2.27. The SMILES string of the molecule is CC(=O)c1csc(C(=O)NC2CCCCCCC2C(=O)O)c1. The average Bonchev–Trinajstić information content (AvgIpc) is 2.91. The van der Waals surface area contributed by atoms with Gasteiger partial charge < -0.3 is 10.4 Å². The number of nitrogens with one attached hydrogen (secondary N) is 1. The Morgan fingerprint density at radius 2 is 1.86 bits per heavy atom. The maximum atomic E-state index is 12.3. The third kappa shape index (κ3) is 4.16. The van der Waals surface area contributed by atoms with E-state index in [0.717, 1.165) is 25.7 Å². The number of ketones is 1. The largest absolute Gasteiger partial charge is 0.481 e. The number of carbonyl (C=O) groups excluding carboxylic acids is 2. The summed E-state index contributed by atoms with van der Waals surface area (Å²) in [7, 11) is 0. The maximum Gasteiger partial charge on any atom is 0.308 e. The van der Waals surface area contributed by atoms with Gasteiger partial charge in [-0.3, -0.25) is 14.4 Å². The van der Waals surface area contributed by atoms with Crippen molar-refractivity contribution in [3.05, 3.63) is 21.9 Å². The zero-order chi connectivity index (χ0) is 16.1. The number of carbonyl (C=O) groups is 3. The van der Waals surface area contributed by atoms with Gasteiger partial charge in [-0.1, -0.05) is 25.7 Å². The van der Waals surface area contributed by atoms with Crippen LogP contribution in [0.2, 0.25) is 0 Å². The Morgan fingerprint density at radius 3 is 2.45 bits per heavy atom. The fourth-order valence-corrected chi connectivity index (χ4v) is 3.68. The minimum Gasteiger partial charge on any atom is -0.481 e. The summed E-state index contributed by atoms with van der Waals surface area (Å²) in [6, 6.07) is 1.23. The van der Waals surface area contributed by atoms with Crippen LogP contribution in [0.25, 0.3) is 0 Å². The van der Waals surface area contributed by atoms with Crippen LogP contribution in [0.4, 0.5) is 0 Å². The molecule has 0 radical (unpaired) electrons. The van der Waals surface area contributed by atoms with Crippen molar-refractivity contribution in [1.29, 1.82) is 0 Å². The van der Waals surface area contributed by atoms with Crippen LogP contribution >= 0.6 is 11.3 Å². The van der Waals surface area contributed by atoms with Crippen molar-refractivity contribution in [2.24, 2.45) is 5.92 Å². The van der Waals surface area contributed by atoms with Crippen molar-refractivity contribution >= 4 is 29.0 Å². The zero-order valence-corrected chi connectivity index (χ0v) is 13.4. The molecule has 0 saturated heterocycles. The van der Waals surface area contributed by atoms with Gasteiger partial charge in [0.05, 0.1) is 10.8 Å². The van der Waals surface area contributed by atoms with Gasteiger partial charge in [-0.05, 0) is 25.8 Å². The number of rotatable bonds is 4. The first-order valence-corrected chi connectivity index (χ1v) is 8.50. The standard InChI is InChI=1S/C16H21NO4S/c1-10(18)11-8-14(22-9-11)15(19)17-13-7-5-3-2-4-6-12(13)16(20)21/h8-9,12-13H,2-7H2,1H3,(H,17,19)(H,20,21). The Labute approximate surface area is 133 Å². The molecule has 22 heavy (non-hydrogen) atoms. The van der Waals surface area contributed by atoms with Gasteiger partial charge in [-0.15, -0.1) is 11.3 Å². The van der Waals surface area contributed by atoms with Gasteiger partial charge in [0.2, 0.25) is 0 Å². The van der Waals surface area contributed by atoms with Crippen molar-refractivity contribution in [1.82, 2.24) is 5.32 Å². The van der Waals surface area contributed by atoms with E-state index in [4.69, 9.17) is 0 Å². The van der Waals surface area contributed by atoms with Gasteiger partial charge in [-0.25, -0.2) is 0 Å². The lowest BCUT2D eigenvalue weighted by Crippen LogP contribution is -2.43.